The van der Waals surface area contributed by atoms with Crippen LogP contribution in [0.15, 0.2) is 36.7 Å². The Kier molecular flexibility index (Phi) is 4.38. The molecule has 0 aliphatic carbocycles. The molecule has 0 spiro atoms. The van der Waals surface area contributed by atoms with Crippen molar-refractivity contribution in [1.82, 2.24) is 9.78 Å². The largest absolute Gasteiger partial charge is 0.313 e. The number of rotatable bonds is 3. The standard InChI is InChI=1S/C18H22N4O2/c1-4-21-12-14(10-19-21)9-17(23)22-11-13(2)18(24)20(3)15-7-5-6-8-16(15)22/h5-8,10,12-13H,4,9,11H2,1-3H3/t13-/m0/s1. The van der Waals surface area contributed by atoms with E-state index in [4.69, 9.17) is 0 Å². The monoisotopic (exact) mass is 326 g/mol. The van der Waals surface area contributed by atoms with Gasteiger partial charge in [0.25, 0.3) is 0 Å². The molecule has 6 heteroatoms. The van der Waals surface area contributed by atoms with Crippen LogP contribution in [0.5, 0.6) is 0 Å². The lowest BCUT2D eigenvalue weighted by molar-refractivity contribution is -0.121. The zero-order valence-electron chi connectivity index (χ0n) is 14.3. The second-order valence-corrected chi connectivity index (χ2v) is 6.17. The Morgan fingerprint density at radius 2 is 2.00 bits per heavy atom. The molecule has 0 saturated carbocycles. The van der Waals surface area contributed by atoms with E-state index in [1.54, 1.807) is 27.7 Å². The molecule has 1 aliphatic heterocycles. The average Bonchev–Trinajstić information content (AvgIpc) is 3.02. The fourth-order valence-corrected chi connectivity index (χ4v) is 3.05. The van der Waals surface area contributed by atoms with Crippen molar-refractivity contribution in [1.29, 1.82) is 0 Å². The second kappa shape index (κ2) is 6.47. The quantitative estimate of drug-likeness (QED) is 0.868. The molecular weight excluding hydrogens is 304 g/mol. The molecule has 1 aliphatic rings. The van der Waals surface area contributed by atoms with Crippen LogP contribution in [0.2, 0.25) is 0 Å². The smallest absolute Gasteiger partial charge is 0.231 e. The Hall–Kier alpha value is -2.63. The van der Waals surface area contributed by atoms with Gasteiger partial charge in [0.1, 0.15) is 0 Å². The molecule has 0 saturated heterocycles. The van der Waals surface area contributed by atoms with Gasteiger partial charge >= 0.3 is 0 Å². The molecule has 2 heterocycles. The maximum Gasteiger partial charge on any atom is 0.231 e. The number of carbonyl (C=O) groups excluding carboxylic acids is 2. The van der Waals surface area contributed by atoms with Gasteiger partial charge in [-0.3, -0.25) is 14.3 Å². The minimum Gasteiger partial charge on any atom is -0.313 e. The highest BCUT2D eigenvalue weighted by Crippen LogP contribution is 2.33. The number of hydrogen-bond donors (Lipinski definition) is 0. The van der Waals surface area contributed by atoms with Crippen molar-refractivity contribution in [3.05, 3.63) is 42.2 Å². The summed E-state index contributed by atoms with van der Waals surface area (Å²) in [5.41, 5.74) is 2.44. The van der Waals surface area contributed by atoms with E-state index in [0.29, 0.717) is 6.54 Å². The summed E-state index contributed by atoms with van der Waals surface area (Å²) in [4.78, 5) is 28.7. The van der Waals surface area contributed by atoms with Crippen molar-refractivity contribution in [3.8, 4) is 0 Å². The molecule has 1 aromatic carbocycles. The van der Waals surface area contributed by atoms with Crippen LogP contribution in [0.4, 0.5) is 11.4 Å². The molecule has 0 N–H and O–H groups in total. The number of amides is 2. The molecule has 2 amide bonds. The summed E-state index contributed by atoms with van der Waals surface area (Å²) in [7, 11) is 1.76. The van der Waals surface area contributed by atoms with E-state index < -0.39 is 0 Å². The van der Waals surface area contributed by atoms with Crippen molar-refractivity contribution >= 4 is 23.2 Å². The van der Waals surface area contributed by atoms with Crippen LogP contribution in [0.1, 0.15) is 19.4 Å². The topological polar surface area (TPSA) is 58.4 Å². The molecular formula is C18H22N4O2. The molecule has 1 aromatic heterocycles. The summed E-state index contributed by atoms with van der Waals surface area (Å²) >= 11 is 0. The SMILES string of the molecule is CCn1cc(CC(=O)N2C[C@H](C)C(=O)N(C)c3ccccc32)cn1. The number of anilines is 2. The predicted octanol–water partition coefficient (Wildman–Crippen LogP) is 2.09. The third-order valence-corrected chi connectivity index (χ3v) is 4.41. The number of fused-ring (bicyclic) bond motifs is 1. The van der Waals surface area contributed by atoms with Gasteiger partial charge in [0.15, 0.2) is 0 Å². The van der Waals surface area contributed by atoms with Crippen molar-refractivity contribution in [2.24, 2.45) is 5.92 Å². The van der Waals surface area contributed by atoms with E-state index in [-0.39, 0.29) is 24.2 Å². The van der Waals surface area contributed by atoms with Gasteiger partial charge in [0.05, 0.1) is 29.9 Å². The minimum absolute atomic E-state index is 0.0203. The Bertz CT molecular complexity index is 768. The lowest BCUT2D eigenvalue weighted by Gasteiger charge is -2.23. The number of aromatic nitrogens is 2. The normalized spacial score (nSPS) is 17.6. The third kappa shape index (κ3) is 2.91. The molecule has 0 fully saturated rings. The van der Waals surface area contributed by atoms with Crippen LogP contribution in [0.3, 0.4) is 0 Å². The van der Waals surface area contributed by atoms with Crippen LogP contribution in [-0.2, 0) is 22.6 Å². The van der Waals surface area contributed by atoms with Crippen LogP contribution < -0.4 is 9.80 Å². The van der Waals surface area contributed by atoms with E-state index in [9.17, 15) is 9.59 Å². The number of nitrogens with zero attached hydrogens (tertiary/aromatic N) is 4. The summed E-state index contributed by atoms with van der Waals surface area (Å²) in [6.45, 7) is 5.03. The van der Waals surface area contributed by atoms with E-state index in [2.05, 4.69) is 5.10 Å². The Balaban J connectivity index is 1.92. The lowest BCUT2D eigenvalue weighted by atomic mass is 10.1. The number of para-hydroxylation sites is 2. The van der Waals surface area contributed by atoms with E-state index in [1.165, 1.54) is 0 Å². The van der Waals surface area contributed by atoms with Gasteiger partial charge in [-0.1, -0.05) is 19.1 Å². The highest BCUT2D eigenvalue weighted by Gasteiger charge is 2.31. The van der Waals surface area contributed by atoms with Crippen molar-refractivity contribution in [2.45, 2.75) is 26.8 Å². The van der Waals surface area contributed by atoms with E-state index >= 15 is 0 Å². The Morgan fingerprint density at radius 3 is 2.67 bits per heavy atom. The molecule has 24 heavy (non-hydrogen) atoms. The summed E-state index contributed by atoms with van der Waals surface area (Å²) in [6.07, 6.45) is 3.90. The highest BCUT2D eigenvalue weighted by atomic mass is 16.2. The van der Waals surface area contributed by atoms with Gasteiger partial charge in [-0.15, -0.1) is 0 Å². The third-order valence-electron chi connectivity index (χ3n) is 4.41. The molecule has 0 bridgehead atoms. The predicted molar refractivity (Wildman–Crippen MR) is 93.0 cm³/mol. The van der Waals surface area contributed by atoms with Gasteiger partial charge < -0.3 is 9.80 Å². The Morgan fingerprint density at radius 1 is 1.29 bits per heavy atom. The highest BCUT2D eigenvalue weighted by molar-refractivity contribution is 6.05. The van der Waals surface area contributed by atoms with Crippen LogP contribution in [-0.4, -0.2) is 35.2 Å². The second-order valence-electron chi connectivity index (χ2n) is 6.17. The van der Waals surface area contributed by atoms with Crippen molar-refractivity contribution in [3.63, 3.8) is 0 Å². The zero-order chi connectivity index (χ0) is 17.3. The number of hydrogen-bond acceptors (Lipinski definition) is 3. The summed E-state index contributed by atoms with van der Waals surface area (Å²) in [6, 6.07) is 7.54. The first-order chi connectivity index (χ1) is 11.5. The number of benzene rings is 1. The first-order valence-electron chi connectivity index (χ1n) is 8.19. The first kappa shape index (κ1) is 16.2. The van der Waals surface area contributed by atoms with Gasteiger partial charge in [-0.05, 0) is 24.6 Å². The van der Waals surface area contributed by atoms with Crippen LogP contribution in [0.25, 0.3) is 0 Å². The molecule has 0 radical (unpaired) electrons. The fraction of sp³-hybridized carbons (Fsp3) is 0.389. The molecule has 2 aromatic rings. The lowest BCUT2D eigenvalue weighted by Crippen LogP contribution is -2.37. The summed E-state index contributed by atoms with van der Waals surface area (Å²) < 4.78 is 1.80. The molecule has 0 unspecified atom stereocenters. The van der Waals surface area contributed by atoms with E-state index in [0.717, 1.165) is 23.5 Å². The van der Waals surface area contributed by atoms with Gasteiger partial charge in [0, 0.05) is 26.3 Å². The van der Waals surface area contributed by atoms with E-state index in [1.807, 2.05) is 44.3 Å². The van der Waals surface area contributed by atoms with Crippen LogP contribution >= 0.6 is 0 Å². The summed E-state index contributed by atoms with van der Waals surface area (Å²) in [5, 5.41) is 4.22. The maximum atomic E-state index is 12.9. The number of aryl methyl sites for hydroxylation is 1. The van der Waals surface area contributed by atoms with Gasteiger partial charge in [-0.2, -0.15) is 5.10 Å². The summed E-state index contributed by atoms with van der Waals surface area (Å²) in [5.74, 6) is -0.241. The molecule has 3 rings (SSSR count). The fourth-order valence-electron chi connectivity index (χ4n) is 3.05. The maximum absolute atomic E-state index is 12.9. The van der Waals surface area contributed by atoms with Gasteiger partial charge in [-0.25, -0.2) is 0 Å². The van der Waals surface area contributed by atoms with Gasteiger partial charge in [0.2, 0.25) is 11.8 Å². The average molecular weight is 326 g/mol. The first-order valence-corrected chi connectivity index (χ1v) is 8.19. The van der Waals surface area contributed by atoms with Crippen LogP contribution in [0, 0.1) is 5.92 Å². The number of carbonyl (C=O) groups is 2. The zero-order valence-corrected chi connectivity index (χ0v) is 14.3. The minimum atomic E-state index is -0.246. The Labute approximate surface area is 141 Å². The van der Waals surface area contributed by atoms with Crippen molar-refractivity contribution in [2.75, 3.05) is 23.4 Å². The van der Waals surface area contributed by atoms with Crippen molar-refractivity contribution < 1.29 is 9.59 Å². The molecule has 6 nitrogen and oxygen atoms in total. The molecule has 1 atom stereocenters. The molecule has 126 valence electrons.